The summed E-state index contributed by atoms with van der Waals surface area (Å²) in [6.45, 7) is 3.85. The van der Waals surface area contributed by atoms with E-state index in [0.717, 1.165) is 10.2 Å². The second-order valence-corrected chi connectivity index (χ2v) is 4.26. The normalized spacial score (nSPS) is 15.8. The molecule has 1 aliphatic rings. The molecule has 0 saturated carbocycles. The standard InChI is InChI=1S/C10H12BrN/c1-7(11)10-6-8-4-2-3-5-9(8)12-10/h6,12H,1-5H2. The van der Waals surface area contributed by atoms with Gasteiger partial charge in [0.2, 0.25) is 0 Å². The summed E-state index contributed by atoms with van der Waals surface area (Å²) in [6, 6.07) is 2.21. The highest BCUT2D eigenvalue weighted by Crippen LogP contribution is 2.26. The monoisotopic (exact) mass is 225 g/mol. The molecule has 1 N–H and O–H groups in total. The Kier molecular flexibility index (Phi) is 2.09. The number of rotatable bonds is 1. The summed E-state index contributed by atoms with van der Waals surface area (Å²) >= 11 is 3.38. The Hall–Kier alpha value is -0.500. The van der Waals surface area contributed by atoms with Crippen LogP contribution in [0.5, 0.6) is 0 Å². The lowest BCUT2D eigenvalue weighted by molar-refractivity contribution is 0.677. The van der Waals surface area contributed by atoms with E-state index in [2.05, 4.69) is 33.6 Å². The van der Waals surface area contributed by atoms with E-state index in [1.54, 1.807) is 0 Å². The van der Waals surface area contributed by atoms with Gasteiger partial charge in [-0.05, 0) is 53.2 Å². The van der Waals surface area contributed by atoms with E-state index < -0.39 is 0 Å². The van der Waals surface area contributed by atoms with Crippen LogP contribution in [0.15, 0.2) is 12.6 Å². The molecule has 1 aliphatic carbocycles. The first kappa shape index (κ1) is 8.11. The quantitative estimate of drug-likeness (QED) is 0.756. The Bertz CT molecular complexity index is 288. The molecule has 0 aliphatic heterocycles. The minimum Gasteiger partial charge on any atom is -0.358 e. The summed E-state index contributed by atoms with van der Waals surface area (Å²) in [6.07, 6.45) is 5.09. The number of halogens is 1. The maximum absolute atomic E-state index is 3.85. The van der Waals surface area contributed by atoms with E-state index in [9.17, 15) is 0 Å². The summed E-state index contributed by atoms with van der Waals surface area (Å²) in [5.74, 6) is 0. The first-order chi connectivity index (χ1) is 5.77. The number of hydrogen-bond acceptors (Lipinski definition) is 0. The number of nitrogens with one attached hydrogen (secondary N) is 1. The van der Waals surface area contributed by atoms with E-state index in [0.29, 0.717) is 0 Å². The van der Waals surface area contributed by atoms with Gasteiger partial charge in [-0.25, -0.2) is 0 Å². The van der Waals surface area contributed by atoms with Gasteiger partial charge in [-0.1, -0.05) is 6.58 Å². The van der Waals surface area contributed by atoms with Crippen LogP contribution < -0.4 is 0 Å². The fourth-order valence-corrected chi connectivity index (χ4v) is 1.96. The van der Waals surface area contributed by atoms with Crippen molar-refractivity contribution in [2.45, 2.75) is 25.7 Å². The molecule has 2 rings (SSSR count). The van der Waals surface area contributed by atoms with E-state index in [4.69, 9.17) is 0 Å². The zero-order valence-electron chi connectivity index (χ0n) is 6.99. The molecule has 0 amide bonds. The second-order valence-electron chi connectivity index (χ2n) is 3.30. The molecule has 0 unspecified atom stereocenters. The van der Waals surface area contributed by atoms with Gasteiger partial charge >= 0.3 is 0 Å². The van der Waals surface area contributed by atoms with Crippen molar-refractivity contribution in [2.24, 2.45) is 0 Å². The molecule has 0 aromatic carbocycles. The van der Waals surface area contributed by atoms with Crippen molar-refractivity contribution < 1.29 is 0 Å². The SMILES string of the molecule is C=C(Br)c1cc2c([nH]1)CCCC2. The molecule has 1 heterocycles. The molecular weight excluding hydrogens is 214 g/mol. The molecular formula is C10H12BrN. The Morgan fingerprint density at radius 1 is 1.42 bits per heavy atom. The molecule has 0 radical (unpaired) electrons. The van der Waals surface area contributed by atoms with E-state index >= 15 is 0 Å². The number of aryl methyl sites for hydroxylation is 2. The first-order valence-electron chi connectivity index (χ1n) is 4.33. The lowest BCUT2D eigenvalue weighted by atomic mass is 9.98. The third-order valence-corrected chi connectivity index (χ3v) is 2.83. The molecule has 0 saturated heterocycles. The van der Waals surface area contributed by atoms with E-state index in [1.165, 1.54) is 36.9 Å². The Labute approximate surface area is 81.0 Å². The van der Waals surface area contributed by atoms with Crippen LogP contribution in [0.1, 0.15) is 29.8 Å². The van der Waals surface area contributed by atoms with Gasteiger partial charge in [-0.3, -0.25) is 0 Å². The van der Waals surface area contributed by atoms with Crippen molar-refractivity contribution in [2.75, 3.05) is 0 Å². The van der Waals surface area contributed by atoms with Crippen LogP contribution in [0, 0.1) is 0 Å². The Balaban J connectivity index is 2.38. The van der Waals surface area contributed by atoms with Crippen molar-refractivity contribution >= 4 is 20.4 Å². The number of H-pyrrole nitrogens is 1. The molecule has 0 spiro atoms. The van der Waals surface area contributed by atoms with Gasteiger partial charge in [0.1, 0.15) is 0 Å². The fourth-order valence-electron chi connectivity index (χ4n) is 1.75. The highest BCUT2D eigenvalue weighted by atomic mass is 79.9. The summed E-state index contributed by atoms with van der Waals surface area (Å²) in [4.78, 5) is 3.39. The average Bonchev–Trinajstić information content (AvgIpc) is 2.46. The first-order valence-corrected chi connectivity index (χ1v) is 5.12. The zero-order valence-corrected chi connectivity index (χ0v) is 8.58. The van der Waals surface area contributed by atoms with Crippen LogP contribution in [0.4, 0.5) is 0 Å². The minimum absolute atomic E-state index is 0.955. The van der Waals surface area contributed by atoms with Crippen LogP contribution in [0.2, 0.25) is 0 Å². The molecule has 0 bridgehead atoms. The highest BCUT2D eigenvalue weighted by molar-refractivity contribution is 9.15. The lowest BCUT2D eigenvalue weighted by Gasteiger charge is -2.08. The second kappa shape index (κ2) is 3.09. The maximum Gasteiger partial charge on any atom is 0.0523 e. The molecule has 0 atom stereocenters. The van der Waals surface area contributed by atoms with Gasteiger partial charge < -0.3 is 4.98 Å². The van der Waals surface area contributed by atoms with E-state index in [1.807, 2.05) is 0 Å². The average molecular weight is 226 g/mol. The molecule has 1 aromatic rings. The topological polar surface area (TPSA) is 15.8 Å². The molecule has 12 heavy (non-hydrogen) atoms. The third kappa shape index (κ3) is 1.36. The highest BCUT2D eigenvalue weighted by Gasteiger charge is 2.12. The van der Waals surface area contributed by atoms with Crippen molar-refractivity contribution in [3.05, 3.63) is 29.6 Å². The number of fused-ring (bicyclic) bond motifs is 1. The van der Waals surface area contributed by atoms with E-state index in [-0.39, 0.29) is 0 Å². The molecule has 0 fully saturated rings. The van der Waals surface area contributed by atoms with Crippen LogP contribution in [-0.2, 0) is 12.8 Å². The zero-order chi connectivity index (χ0) is 8.55. The molecule has 1 aromatic heterocycles. The summed E-state index contributed by atoms with van der Waals surface area (Å²) in [5, 5.41) is 0. The van der Waals surface area contributed by atoms with Gasteiger partial charge in [0.05, 0.1) is 5.69 Å². The third-order valence-electron chi connectivity index (χ3n) is 2.41. The summed E-state index contributed by atoms with van der Waals surface area (Å²) < 4.78 is 0.955. The van der Waals surface area contributed by atoms with Crippen LogP contribution in [-0.4, -0.2) is 4.98 Å². The van der Waals surface area contributed by atoms with Gasteiger partial charge in [0.15, 0.2) is 0 Å². The Morgan fingerprint density at radius 2 is 2.17 bits per heavy atom. The largest absolute Gasteiger partial charge is 0.358 e. The smallest absolute Gasteiger partial charge is 0.0523 e. The van der Waals surface area contributed by atoms with Gasteiger partial charge in [-0.15, -0.1) is 0 Å². The predicted octanol–water partition coefficient (Wildman–Crippen LogP) is 3.26. The molecule has 64 valence electrons. The number of aromatic amines is 1. The Morgan fingerprint density at radius 3 is 2.83 bits per heavy atom. The lowest BCUT2D eigenvalue weighted by Crippen LogP contribution is -1.99. The summed E-state index contributed by atoms with van der Waals surface area (Å²) in [5.41, 5.74) is 4.04. The van der Waals surface area contributed by atoms with Gasteiger partial charge in [0.25, 0.3) is 0 Å². The molecule has 1 nitrogen and oxygen atoms in total. The fraction of sp³-hybridized carbons (Fsp3) is 0.400. The van der Waals surface area contributed by atoms with Crippen molar-refractivity contribution in [1.29, 1.82) is 0 Å². The van der Waals surface area contributed by atoms with Crippen LogP contribution >= 0.6 is 15.9 Å². The van der Waals surface area contributed by atoms with Gasteiger partial charge in [-0.2, -0.15) is 0 Å². The minimum atomic E-state index is 0.955. The van der Waals surface area contributed by atoms with Gasteiger partial charge in [0, 0.05) is 10.2 Å². The van der Waals surface area contributed by atoms with Crippen molar-refractivity contribution in [3.63, 3.8) is 0 Å². The summed E-state index contributed by atoms with van der Waals surface area (Å²) in [7, 11) is 0. The number of aromatic nitrogens is 1. The van der Waals surface area contributed by atoms with Crippen LogP contribution in [0.3, 0.4) is 0 Å². The van der Waals surface area contributed by atoms with Crippen molar-refractivity contribution in [3.8, 4) is 0 Å². The number of hydrogen-bond donors (Lipinski definition) is 1. The molecule has 2 heteroatoms. The van der Waals surface area contributed by atoms with Crippen LogP contribution in [0.25, 0.3) is 4.48 Å². The maximum atomic E-state index is 3.85. The predicted molar refractivity (Wildman–Crippen MR) is 55.4 cm³/mol. The van der Waals surface area contributed by atoms with Crippen molar-refractivity contribution in [1.82, 2.24) is 4.98 Å².